The van der Waals surface area contributed by atoms with E-state index in [0.29, 0.717) is 0 Å². The largest absolute Gasteiger partial charge is 0.497 e. The second-order valence-corrected chi connectivity index (χ2v) is 3.36. The predicted molar refractivity (Wildman–Crippen MR) is 56.9 cm³/mol. The average Bonchev–Trinajstić information content (AvgIpc) is 2.16. The van der Waals surface area contributed by atoms with Crippen molar-refractivity contribution < 1.29 is 9.47 Å². The first-order valence-corrected chi connectivity index (χ1v) is 4.58. The molecule has 1 aromatic rings. The lowest BCUT2D eigenvalue weighted by atomic mass is 10.0. The number of nitrogens with two attached hydrogens (primary N) is 1. The molecule has 0 aliphatic heterocycles. The zero-order valence-corrected chi connectivity index (χ0v) is 9.13. The summed E-state index contributed by atoms with van der Waals surface area (Å²) in [6.45, 7) is 3.91. The molecular formula is C11H17NO2. The van der Waals surface area contributed by atoms with Crippen LogP contribution in [0.25, 0.3) is 0 Å². The van der Waals surface area contributed by atoms with Gasteiger partial charge >= 0.3 is 0 Å². The Labute approximate surface area is 84.8 Å². The van der Waals surface area contributed by atoms with E-state index in [9.17, 15) is 0 Å². The highest BCUT2D eigenvalue weighted by atomic mass is 16.5. The van der Waals surface area contributed by atoms with Crippen LogP contribution in [0.1, 0.15) is 24.1 Å². The zero-order chi connectivity index (χ0) is 10.7. The van der Waals surface area contributed by atoms with Crippen molar-refractivity contribution in [3.8, 4) is 11.5 Å². The molecular weight excluding hydrogens is 178 g/mol. The van der Waals surface area contributed by atoms with Gasteiger partial charge in [-0.1, -0.05) is 0 Å². The number of benzene rings is 1. The first-order chi connectivity index (χ1) is 6.60. The molecule has 0 aliphatic rings. The molecule has 0 fully saturated rings. The van der Waals surface area contributed by atoms with Gasteiger partial charge in [-0.15, -0.1) is 0 Å². The summed E-state index contributed by atoms with van der Waals surface area (Å²) in [5, 5.41) is 0. The van der Waals surface area contributed by atoms with Crippen molar-refractivity contribution in [2.24, 2.45) is 5.73 Å². The van der Waals surface area contributed by atoms with E-state index in [1.165, 1.54) is 0 Å². The van der Waals surface area contributed by atoms with Crippen molar-refractivity contribution in [2.45, 2.75) is 19.9 Å². The van der Waals surface area contributed by atoms with Crippen LogP contribution >= 0.6 is 0 Å². The van der Waals surface area contributed by atoms with Crippen LogP contribution in [0.4, 0.5) is 0 Å². The Hall–Kier alpha value is -1.22. The Bertz CT molecular complexity index is 321. The number of methoxy groups -OCH3 is 2. The van der Waals surface area contributed by atoms with Crippen molar-refractivity contribution in [2.75, 3.05) is 14.2 Å². The van der Waals surface area contributed by atoms with Crippen LogP contribution in [0, 0.1) is 6.92 Å². The van der Waals surface area contributed by atoms with E-state index in [1.54, 1.807) is 14.2 Å². The smallest absolute Gasteiger partial charge is 0.126 e. The van der Waals surface area contributed by atoms with Crippen LogP contribution in [0.3, 0.4) is 0 Å². The molecule has 1 aromatic carbocycles. The third kappa shape index (κ3) is 1.99. The van der Waals surface area contributed by atoms with Crippen molar-refractivity contribution in [3.63, 3.8) is 0 Å². The molecule has 1 atom stereocenters. The van der Waals surface area contributed by atoms with Gasteiger partial charge < -0.3 is 15.2 Å². The van der Waals surface area contributed by atoms with Gasteiger partial charge in [0.25, 0.3) is 0 Å². The molecule has 3 nitrogen and oxygen atoms in total. The molecule has 0 saturated heterocycles. The maximum atomic E-state index is 5.85. The second-order valence-electron chi connectivity index (χ2n) is 3.36. The fraction of sp³-hybridized carbons (Fsp3) is 0.455. The number of ether oxygens (including phenoxy) is 2. The molecule has 0 saturated carbocycles. The van der Waals surface area contributed by atoms with Gasteiger partial charge in [-0.2, -0.15) is 0 Å². The van der Waals surface area contributed by atoms with Crippen LogP contribution in [-0.4, -0.2) is 14.2 Å². The van der Waals surface area contributed by atoms with E-state index in [0.717, 1.165) is 22.6 Å². The summed E-state index contributed by atoms with van der Waals surface area (Å²) < 4.78 is 10.5. The molecule has 1 unspecified atom stereocenters. The van der Waals surface area contributed by atoms with Gasteiger partial charge in [0.15, 0.2) is 0 Å². The average molecular weight is 195 g/mol. The summed E-state index contributed by atoms with van der Waals surface area (Å²) in [7, 11) is 3.30. The lowest BCUT2D eigenvalue weighted by Crippen LogP contribution is -2.08. The van der Waals surface area contributed by atoms with E-state index in [4.69, 9.17) is 15.2 Å². The molecule has 3 heteroatoms. The summed E-state index contributed by atoms with van der Waals surface area (Å²) in [5.74, 6) is 1.66. The SMILES string of the molecule is COc1cc(C)c(OC)c(C(C)N)c1. The van der Waals surface area contributed by atoms with E-state index >= 15 is 0 Å². The summed E-state index contributed by atoms with van der Waals surface area (Å²) in [5.41, 5.74) is 7.86. The highest BCUT2D eigenvalue weighted by Gasteiger charge is 2.12. The first-order valence-electron chi connectivity index (χ1n) is 4.58. The lowest BCUT2D eigenvalue weighted by molar-refractivity contribution is 0.393. The molecule has 0 bridgehead atoms. The van der Waals surface area contributed by atoms with Crippen molar-refractivity contribution in [3.05, 3.63) is 23.3 Å². The topological polar surface area (TPSA) is 44.5 Å². The van der Waals surface area contributed by atoms with Crippen LogP contribution < -0.4 is 15.2 Å². The predicted octanol–water partition coefficient (Wildman–Crippen LogP) is 2.03. The van der Waals surface area contributed by atoms with Crippen LogP contribution in [0.5, 0.6) is 11.5 Å². The fourth-order valence-corrected chi connectivity index (χ4v) is 1.50. The highest BCUT2D eigenvalue weighted by molar-refractivity contribution is 5.47. The third-order valence-corrected chi connectivity index (χ3v) is 2.21. The number of rotatable bonds is 3. The highest BCUT2D eigenvalue weighted by Crippen LogP contribution is 2.31. The Balaban J connectivity index is 3.28. The van der Waals surface area contributed by atoms with Gasteiger partial charge in [0, 0.05) is 11.6 Å². The Morgan fingerprint density at radius 1 is 1.21 bits per heavy atom. The van der Waals surface area contributed by atoms with Gasteiger partial charge in [0.2, 0.25) is 0 Å². The molecule has 2 N–H and O–H groups in total. The second kappa shape index (κ2) is 4.33. The minimum atomic E-state index is -0.0567. The maximum absolute atomic E-state index is 5.85. The number of hydrogen-bond donors (Lipinski definition) is 1. The van der Waals surface area contributed by atoms with Crippen LogP contribution in [0.2, 0.25) is 0 Å². The molecule has 0 aliphatic carbocycles. The summed E-state index contributed by atoms with van der Waals surface area (Å²) in [6.07, 6.45) is 0. The minimum absolute atomic E-state index is 0.0567. The van der Waals surface area contributed by atoms with Gasteiger partial charge in [-0.05, 0) is 31.5 Å². The Morgan fingerprint density at radius 2 is 1.86 bits per heavy atom. The molecule has 1 rings (SSSR count). The van der Waals surface area contributed by atoms with Gasteiger partial charge in [0.05, 0.1) is 14.2 Å². The first kappa shape index (κ1) is 10.9. The number of hydrogen-bond acceptors (Lipinski definition) is 3. The molecule has 14 heavy (non-hydrogen) atoms. The van der Waals surface area contributed by atoms with E-state index in [-0.39, 0.29) is 6.04 Å². The summed E-state index contributed by atoms with van der Waals surface area (Å²) in [4.78, 5) is 0. The number of aryl methyl sites for hydroxylation is 1. The standard InChI is InChI=1S/C11H17NO2/c1-7-5-9(13-3)6-10(8(2)12)11(7)14-4/h5-6,8H,12H2,1-4H3. The fourth-order valence-electron chi connectivity index (χ4n) is 1.50. The van der Waals surface area contributed by atoms with E-state index in [1.807, 2.05) is 26.0 Å². The molecule has 0 amide bonds. The Morgan fingerprint density at radius 3 is 2.29 bits per heavy atom. The lowest BCUT2D eigenvalue weighted by Gasteiger charge is -2.15. The molecule has 0 radical (unpaired) electrons. The van der Waals surface area contributed by atoms with Crippen molar-refractivity contribution >= 4 is 0 Å². The van der Waals surface area contributed by atoms with Gasteiger partial charge in [-0.25, -0.2) is 0 Å². The molecule has 0 heterocycles. The summed E-state index contributed by atoms with van der Waals surface area (Å²) in [6, 6.07) is 3.79. The minimum Gasteiger partial charge on any atom is -0.497 e. The van der Waals surface area contributed by atoms with Crippen molar-refractivity contribution in [1.29, 1.82) is 0 Å². The quantitative estimate of drug-likeness (QED) is 0.802. The molecule has 78 valence electrons. The molecule has 0 spiro atoms. The third-order valence-electron chi connectivity index (χ3n) is 2.21. The summed E-state index contributed by atoms with van der Waals surface area (Å²) >= 11 is 0. The van der Waals surface area contributed by atoms with Gasteiger partial charge in [0.1, 0.15) is 11.5 Å². The van der Waals surface area contributed by atoms with E-state index < -0.39 is 0 Å². The van der Waals surface area contributed by atoms with Crippen LogP contribution in [-0.2, 0) is 0 Å². The van der Waals surface area contributed by atoms with Crippen LogP contribution in [0.15, 0.2) is 12.1 Å². The van der Waals surface area contributed by atoms with Crippen molar-refractivity contribution in [1.82, 2.24) is 0 Å². The Kier molecular flexibility index (Phi) is 3.36. The molecule has 0 aromatic heterocycles. The zero-order valence-electron chi connectivity index (χ0n) is 9.13. The maximum Gasteiger partial charge on any atom is 0.126 e. The monoisotopic (exact) mass is 195 g/mol. The van der Waals surface area contributed by atoms with Gasteiger partial charge in [-0.3, -0.25) is 0 Å². The van der Waals surface area contributed by atoms with E-state index in [2.05, 4.69) is 0 Å². The normalized spacial score (nSPS) is 12.4.